The van der Waals surface area contributed by atoms with E-state index in [2.05, 4.69) is 25.8 Å². The molecule has 0 aliphatic rings. The van der Waals surface area contributed by atoms with Gasteiger partial charge in [0.15, 0.2) is 16.3 Å². The van der Waals surface area contributed by atoms with Gasteiger partial charge in [0.1, 0.15) is 0 Å². The number of hydrogen-bond acceptors (Lipinski definition) is 3. The molecule has 1 aromatic carbocycles. The topological polar surface area (TPSA) is 54.6 Å². The van der Waals surface area contributed by atoms with E-state index in [1.165, 1.54) is 0 Å². The molecule has 0 fully saturated rings. The summed E-state index contributed by atoms with van der Waals surface area (Å²) >= 11 is 0.976. The zero-order chi connectivity index (χ0) is 18.6. The molecule has 4 nitrogen and oxygen atoms in total. The molecule has 3 rings (SSSR count). The fourth-order valence-corrected chi connectivity index (χ4v) is 3.49. The smallest absolute Gasteiger partial charge is 0.435 e. The minimum absolute atomic E-state index is 0.000349. The van der Waals surface area contributed by atoms with E-state index in [4.69, 9.17) is 0 Å². The van der Waals surface area contributed by atoms with E-state index in [-0.39, 0.29) is 10.4 Å². The highest BCUT2D eigenvalue weighted by atomic mass is 32.1. The van der Waals surface area contributed by atoms with Crippen molar-refractivity contribution in [3.63, 3.8) is 0 Å². The van der Waals surface area contributed by atoms with Crippen LogP contribution >= 0.6 is 11.3 Å². The summed E-state index contributed by atoms with van der Waals surface area (Å²) in [5, 5.41) is 10.9. The first-order valence-corrected chi connectivity index (χ1v) is 8.29. The predicted molar refractivity (Wildman–Crippen MR) is 89.2 cm³/mol. The van der Waals surface area contributed by atoms with E-state index >= 15 is 0 Å². The van der Waals surface area contributed by atoms with Crippen LogP contribution in [0, 0.1) is 0 Å². The molecule has 8 heteroatoms. The van der Waals surface area contributed by atoms with Gasteiger partial charge in [0.05, 0.1) is 5.69 Å². The largest absolute Gasteiger partial charge is 0.476 e. The normalized spacial score (nSPS) is 12.7. The second-order valence-electron chi connectivity index (χ2n) is 6.68. The number of nitrogens with zero attached hydrogens (tertiary/aromatic N) is 2. The monoisotopic (exact) mass is 368 g/mol. The maximum Gasteiger partial charge on any atom is 0.435 e. The van der Waals surface area contributed by atoms with Crippen molar-refractivity contribution in [2.45, 2.75) is 32.4 Å². The van der Waals surface area contributed by atoms with Gasteiger partial charge in [-0.05, 0) is 16.5 Å². The molecule has 0 aliphatic carbocycles. The SMILES string of the molecule is CC(C)(C)c1ccc(-c2csc3nc(C(F)(F)F)c(C(=O)O)n23)cc1. The second-order valence-corrected chi connectivity index (χ2v) is 7.51. The molecular weight excluding hydrogens is 353 g/mol. The Labute approximate surface area is 145 Å². The van der Waals surface area contributed by atoms with Gasteiger partial charge in [-0.15, -0.1) is 11.3 Å². The van der Waals surface area contributed by atoms with Crippen LogP contribution in [0.2, 0.25) is 0 Å². The maximum atomic E-state index is 13.1. The summed E-state index contributed by atoms with van der Waals surface area (Å²) in [5.74, 6) is -1.66. The lowest BCUT2D eigenvalue weighted by atomic mass is 9.86. The number of fused-ring (bicyclic) bond motifs is 1. The first kappa shape index (κ1) is 17.5. The highest BCUT2D eigenvalue weighted by molar-refractivity contribution is 7.15. The van der Waals surface area contributed by atoms with Gasteiger partial charge < -0.3 is 5.11 Å². The first-order valence-electron chi connectivity index (χ1n) is 7.41. The first-order chi connectivity index (χ1) is 11.5. The Kier molecular flexibility index (Phi) is 3.90. The number of aromatic nitrogens is 2. The van der Waals surface area contributed by atoms with Gasteiger partial charge in [0.2, 0.25) is 0 Å². The van der Waals surface area contributed by atoms with Crippen LogP contribution in [0.25, 0.3) is 16.2 Å². The summed E-state index contributed by atoms with van der Waals surface area (Å²) in [4.78, 5) is 14.9. The summed E-state index contributed by atoms with van der Waals surface area (Å²) in [6.45, 7) is 6.16. The molecule has 1 N–H and O–H groups in total. The number of aromatic carboxylic acids is 1. The molecule has 2 heterocycles. The van der Waals surface area contributed by atoms with Crippen LogP contribution in [0.1, 0.15) is 42.5 Å². The number of halogens is 3. The summed E-state index contributed by atoms with van der Waals surface area (Å²) in [6, 6.07) is 7.34. The van der Waals surface area contributed by atoms with Gasteiger partial charge in [-0.25, -0.2) is 9.78 Å². The molecule has 0 unspecified atom stereocenters. The van der Waals surface area contributed by atoms with Gasteiger partial charge in [-0.3, -0.25) is 4.40 Å². The van der Waals surface area contributed by atoms with Gasteiger partial charge in [-0.1, -0.05) is 45.0 Å². The Hall–Kier alpha value is -2.35. The molecular formula is C17H15F3N2O2S. The van der Waals surface area contributed by atoms with Crippen molar-refractivity contribution >= 4 is 22.3 Å². The Morgan fingerprint density at radius 1 is 1.16 bits per heavy atom. The third-order valence-electron chi connectivity index (χ3n) is 3.88. The fourth-order valence-electron chi connectivity index (χ4n) is 2.60. The van der Waals surface area contributed by atoms with Gasteiger partial charge in [0.25, 0.3) is 0 Å². The third-order valence-corrected chi connectivity index (χ3v) is 4.71. The Balaban J connectivity index is 2.21. The minimum Gasteiger partial charge on any atom is -0.476 e. The van der Waals surface area contributed by atoms with E-state index < -0.39 is 23.5 Å². The van der Waals surface area contributed by atoms with Crippen LogP contribution in [-0.4, -0.2) is 20.5 Å². The lowest BCUT2D eigenvalue weighted by Crippen LogP contribution is -2.14. The molecule has 0 saturated heterocycles. The number of carboxylic acids is 1. The number of alkyl halides is 3. The molecule has 0 amide bonds. The quantitative estimate of drug-likeness (QED) is 0.686. The average Bonchev–Trinajstić information content (AvgIpc) is 3.04. The molecule has 2 aromatic heterocycles. The van der Waals surface area contributed by atoms with Crippen molar-refractivity contribution in [1.82, 2.24) is 9.38 Å². The Morgan fingerprint density at radius 3 is 2.24 bits per heavy atom. The van der Waals surface area contributed by atoms with Crippen LogP contribution in [0.3, 0.4) is 0 Å². The average molecular weight is 368 g/mol. The number of carboxylic acid groups (broad SMARTS) is 1. The van der Waals surface area contributed by atoms with E-state index in [1.807, 2.05) is 12.1 Å². The third kappa shape index (κ3) is 3.02. The Morgan fingerprint density at radius 2 is 1.76 bits per heavy atom. The molecule has 25 heavy (non-hydrogen) atoms. The van der Waals surface area contributed by atoms with Crippen molar-refractivity contribution in [3.05, 3.63) is 46.6 Å². The van der Waals surface area contributed by atoms with Crippen LogP contribution in [0.5, 0.6) is 0 Å². The molecule has 132 valence electrons. The molecule has 0 spiro atoms. The lowest BCUT2D eigenvalue weighted by molar-refractivity contribution is -0.141. The van der Waals surface area contributed by atoms with Crippen LogP contribution in [0.4, 0.5) is 13.2 Å². The Bertz CT molecular complexity index is 947. The molecule has 0 bridgehead atoms. The summed E-state index contributed by atoms with van der Waals surface area (Å²) < 4.78 is 40.4. The number of imidazole rings is 1. The molecule has 3 aromatic rings. The summed E-state index contributed by atoms with van der Waals surface area (Å²) in [7, 11) is 0. The molecule has 0 saturated carbocycles. The van der Waals surface area contributed by atoms with Crippen molar-refractivity contribution in [2.24, 2.45) is 0 Å². The number of benzene rings is 1. The highest BCUT2D eigenvalue weighted by Crippen LogP contribution is 2.36. The van der Waals surface area contributed by atoms with Gasteiger partial charge in [-0.2, -0.15) is 13.2 Å². The number of rotatable bonds is 2. The van der Waals surface area contributed by atoms with E-state index in [9.17, 15) is 23.1 Å². The van der Waals surface area contributed by atoms with E-state index in [1.54, 1.807) is 17.5 Å². The van der Waals surface area contributed by atoms with Crippen molar-refractivity contribution in [3.8, 4) is 11.3 Å². The lowest BCUT2D eigenvalue weighted by Gasteiger charge is -2.19. The standard InChI is InChI=1S/C17H15F3N2O2S/c1-16(2,3)10-6-4-9(5-7-10)11-8-25-15-21-13(17(18,19)20)12(14(23)24)22(11)15/h4-8H,1-3H3,(H,23,24). The number of hydrogen-bond donors (Lipinski definition) is 1. The molecule has 0 aliphatic heterocycles. The van der Waals surface area contributed by atoms with Gasteiger partial charge in [0, 0.05) is 5.38 Å². The highest BCUT2D eigenvalue weighted by Gasteiger charge is 2.41. The van der Waals surface area contributed by atoms with Crippen LogP contribution in [0.15, 0.2) is 29.6 Å². The molecule has 0 atom stereocenters. The van der Waals surface area contributed by atoms with Crippen molar-refractivity contribution in [1.29, 1.82) is 0 Å². The van der Waals surface area contributed by atoms with Gasteiger partial charge >= 0.3 is 12.1 Å². The fraction of sp³-hybridized carbons (Fsp3) is 0.294. The number of thiazole rings is 1. The number of carbonyl (C=O) groups is 1. The predicted octanol–water partition coefficient (Wildman–Crippen LogP) is 5.08. The minimum atomic E-state index is -4.83. The summed E-state index contributed by atoms with van der Waals surface area (Å²) in [6.07, 6.45) is -4.83. The summed E-state index contributed by atoms with van der Waals surface area (Å²) in [5.41, 5.74) is -0.220. The second kappa shape index (κ2) is 5.59. The molecule has 0 radical (unpaired) electrons. The zero-order valence-corrected chi connectivity index (χ0v) is 14.5. The zero-order valence-electron chi connectivity index (χ0n) is 13.7. The van der Waals surface area contributed by atoms with Crippen LogP contribution < -0.4 is 0 Å². The van der Waals surface area contributed by atoms with E-state index in [0.29, 0.717) is 11.3 Å². The van der Waals surface area contributed by atoms with Crippen LogP contribution in [-0.2, 0) is 11.6 Å². The van der Waals surface area contributed by atoms with Crippen molar-refractivity contribution in [2.75, 3.05) is 0 Å². The maximum absolute atomic E-state index is 13.1. The van der Waals surface area contributed by atoms with E-state index in [0.717, 1.165) is 21.3 Å². The van der Waals surface area contributed by atoms with Crippen molar-refractivity contribution < 1.29 is 23.1 Å².